The highest BCUT2D eigenvalue weighted by molar-refractivity contribution is 5.51. The molecule has 1 N–H and O–H groups in total. The molecule has 0 aliphatic heterocycles. The molecule has 19 heavy (non-hydrogen) atoms. The van der Waals surface area contributed by atoms with E-state index in [1.165, 1.54) is 5.56 Å². The molecule has 0 aliphatic carbocycles. The standard InChI is InChI=1S/C14H15N5/c1-10-6-13(19-14(7-10)17-9-18-19)16-8-12-11(2)4-3-5-15-12/h3-7,9,16H,8H2,1-2H3. The molecular weight excluding hydrogens is 238 g/mol. The van der Waals surface area contributed by atoms with E-state index in [-0.39, 0.29) is 0 Å². The Kier molecular flexibility index (Phi) is 2.87. The van der Waals surface area contributed by atoms with Gasteiger partial charge in [-0.25, -0.2) is 4.98 Å². The molecule has 0 spiro atoms. The molecule has 0 bridgehead atoms. The van der Waals surface area contributed by atoms with Gasteiger partial charge in [0.05, 0.1) is 12.2 Å². The Balaban J connectivity index is 1.90. The van der Waals surface area contributed by atoms with Crippen LogP contribution in [0.5, 0.6) is 0 Å². The van der Waals surface area contributed by atoms with Gasteiger partial charge in [-0.15, -0.1) is 0 Å². The first-order valence-electron chi connectivity index (χ1n) is 6.19. The number of fused-ring (bicyclic) bond motifs is 1. The van der Waals surface area contributed by atoms with Gasteiger partial charge in [0.1, 0.15) is 12.1 Å². The highest BCUT2D eigenvalue weighted by Crippen LogP contribution is 2.14. The van der Waals surface area contributed by atoms with E-state index >= 15 is 0 Å². The van der Waals surface area contributed by atoms with E-state index in [1.807, 2.05) is 25.3 Å². The average molecular weight is 253 g/mol. The number of hydrogen-bond acceptors (Lipinski definition) is 4. The molecule has 96 valence electrons. The van der Waals surface area contributed by atoms with Gasteiger partial charge in [-0.05, 0) is 43.2 Å². The van der Waals surface area contributed by atoms with E-state index in [1.54, 1.807) is 10.8 Å². The maximum atomic E-state index is 4.38. The molecule has 3 aromatic rings. The van der Waals surface area contributed by atoms with Crippen molar-refractivity contribution in [3.63, 3.8) is 0 Å². The fraction of sp³-hybridized carbons (Fsp3) is 0.214. The third-order valence-corrected chi connectivity index (χ3v) is 3.08. The van der Waals surface area contributed by atoms with Gasteiger partial charge in [0.15, 0.2) is 5.65 Å². The van der Waals surface area contributed by atoms with Crippen LogP contribution in [0.4, 0.5) is 5.82 Å². The summed E-state index contributed by atoms with van der Waals surface area (Å²) in [4.78, 5) is 8.58. The molecule has 0 unspecified atom stereocenters. The zero-order valence-corrected chi connectivity index (χ0v) is 11.0. The van der Waals surface area contributed by atoms with Crippen LogP contribution in [0.1, 0.15) is 16.8 Å². The molecule has 0 amide bonds. The summed E-state index contributed by atoms with van der Waals surface area (Å²) < 4.78 is 1.80. The quantitative estimate of drug-likeness (QED) is 0.778. The van der Waals surface area contributed by atoms with Crippen molar-refractivity contribution in [2.45, 2.75) is 20.4 Å². The monoisotopic (exact) mass is 253 g/mol. The average Bonchev–Trinajstić information content (AvgIpc) is 2.85. The summed E-state index contributed by atoms with van der Waals surface area (Å²) in [6.07, 6.45) is 3.37. The van der Waals surface area contributed by atoms with E-state index in [0.717, 1.165) is 22.7 Å². The van der Waals surface area contributed by atoms with Crippen LogP contribution in [-0.2, 0) is 6.54 Å². The largest absolute Gasteiger partial charge is 0.364 e. The first kappa shape index (κ1) is 11.6. The minimum absolute atomic E-state index is 0.672. The number of hydrogen-bond donors (Lipinski definition) is 1. The fourth-order valence-corrected chi connectivity index (χ4v) is 2.06. The van der Waals surface area contributed by atoms with Crippen molar-refractivity contribution in [3.8, 4) is 0 Å². The maximum Gasteiger partial charge on any atom is 0.157 e. The van der Waals surface area contributed by atoms with Crippen molar-refractivity contribution in [3.05, 3.63) is 53.6 Å². The molecule has 5 heteroatoms. The lowest BCUT2D eigenvalue weighted by molar-refractivity contribution is 0.925. The Morgan fingerprint density at radius 3 is 2.95 bits per heavy atom. The number of nitrogens with one attached hydrogen (secondary N) is 1. The second-order valence-electron chi connectivity index (χ2n) is 4.57. The Hall–Kier alpha value is -2.43. The van der Waals surface area contributed by atoms with E-state index in [9.17, 15) is 0 Å². The second-order valence-corrected chi connectivity index (χ2v) is 4.57. The Bertz CT molecular complexity index is 717. The van der Waals surface area contributed by atoms with Crippen molar-refractivity contribution in [2.75, 3.05) is 5.32 Å². The van der Waals surface area contributed by atoms with Crippen molar-refractivity contribution in [2.24, 2.45) is 0 Å². The zero-order chi connectivity index (χ0) is 13.2. The molecule has 5 nitrogen and oxygen atoms in total. The zero-order valence-electron chi connectivity index (χ0n) is 11.0. The van der Waals surface area contributed by atoms with E-state index in [4.69, 9.17) is 0 Å². The SMILES string of the molecule is Cc1cc(NCc2ncccc2C)n2ncnc2c1. The molecule has 3 aromatic heterocycles. The second kappa shape index (κ2) is 4.68. The normalized spacial score (nSPS) is 10.8. The van der Waals surface area contributed by atoms with Gasteiger partial charge in [0.25, 0.3) is 0 Å². The third-order valence-electron chi connectivity index (χ3n) is 3.08. The molecular formula is C14H15N5. The van der Waals surface area contributed by atoms with Crippen molar-refractivity contribution < 1.29 is 0 Å². The van der Waals surface area contributed by atoms with Crippen LogP contribution in [0.15, 0.2) is 36.8 Å². The molecule has 0 atom stereocenters. The summed E-state index contributed by atoms with van der Waals surface area (Å²) in [5, 5.41) is 7.59. The fourth-order valence-electron chi connectivity index (χ4n) is 2.06. The number of anilines is 1. The lowest BCUT2D eigenvalue weighted by atomic mass is 10.2. The van der Waals surface area contributed by atoms with Crippen LogP contribution >= 0.6 is 0 Å². The van der Waals surface area contributed by atoms with Crippen molar-refractivity contribution in [1.29, 1.82) is 0 Å². The van der Waals surface area contributed by atoms with Crippen molar-refractivity contribution >= 4 is 11.5 Å². The number of pyridine rings is 2. The van der Waals surface area contributed by atoms with Gasteiger partial charge >= 0.3 is 0 Å². The number of aromatic nitrogens is 4. The lowest BCUT2D eigenvalue weighted by Crippen LogP contribution is -2.07. The predicted octanol–water partition coefficient (Wildman–Crippen LogP) is 2.35. The molecule has 0 fully saturated rings. The van der Waals surface area contributed by atoms with Crippen LogP contribution in [0, 0.1) is 13.8 Å². The first-order chi connectivity index (χ1) is 9.24. The molecule has 3 rings (SSSR count). The number of nitrogens with zero attached hydrogens (tertiary/aromatic N) is 4. The molecule has 0 aliphatic rings. The van der Waals surface area contributed by atoms with Gasteiger partial charge in [0, 0.05) is 6.20 Å². The van der Waals surface area contributed by atoms with Gasteiger partial charge < -0.3 is 5.32 Å². The highest BCUT2D eigenvalue weighted by Gasteiger charge is 2.05. The van der Waals surface area contributed by atoms with Gasteiger partial charge in [0.2, 0.25) is 0 Å². The lowest BCUT2D eigenvalue weighted by Gasteiger charge is -2.10. The van der Waals surface area contributed by atoms with E-state index in [0.29, 0.717) is 6.54 Å². The Morgan fingerprint density at radius 2 is 2.11 bits per heavy atom. The van der Waals surface area contributed by atoms with Crippen LogP contribution in [0.25, 0.3) is 5.65 Å². The molecule has 0 saturated heterocycles. The van der Waals surface area contributed by atoms with Gasteiger partial charge in [-0.1, -0.05) is 6.07 Å². The van der Waals surface area contributed by atoms with E-state index < -0.39 is 0 Å². The molecule has 3 heterocycles. The van der Waals surface area contributed by atoms with Crippen LogP contribution in [-0.4, -0.2) is 19.6 Å². The minimum Gasteiger partial charge on any atom is -0.364 e. The highest BCUT2D eigenvalue weighted by atomic mass is 15.3. The summed E-state index contributed by atoms with van der Waals surface area (Å²) in [6, 6.07) is 8.07. The summed E-state index contributed by atoms with van der Waals surface area (Å²) in [7, 11) is 0. The van der Waals surface area contributed by atoms with Crippen LogP contribution in [0.2, 0.25) is 0 Å². The summed E-state index contributed by atoms with van der Waals surface area (Å²) >= 11 is 0. The minimum atomic E-state index is 0.672. The number of rotatable bonds is 3. The van der Waals surface area contributed by atoms with Crippen LogP contribution in [0.3, 0.4) is 0 Å². The Morgan fingerprint density at radius 1 is 1.21 bits per heavy atom. The van der Waals surface area contributed by atoms with Crippen LogP contribution < -0.4 is 5.32 Å². The molecule has 0 aromatic carbocycles. The maximum absolute atomic E-state index is 4.38. The summed E-state index contributed by atoms with van der Waals surface area (Å²) in [5.74, 6) is 0.928. The molecule has 0 radical (unpaired) electrons. The molecule has 0 saturated carbocycles. The van der Waals surface area contributed by atoms with Gasteiger partial charge in [-0.2, -0.15) is 9.61 Å². The number of aryl methyl sites for hydroxylation is 2. The predicted molar refractivity (Wildman–Crippen MR) is 74.0 cm³/mol. The smallest absolute Gasteiger partial charge is 0.157 e. The Labute approximate surface area is 111 Å². The summed E-state index contributed by atoms with van der Waals surface area (Å²) in [5.41, 5.74) is 4.22. The topological polar surface area (TPSA) is 55.1 Å². The third kappa shape index (κ3) is 2.27. The first-order valence-corrected chi connectivity index (χ1v) is 6.19. The van der Waals surface area contributed by atoms with Gasteiger partial charge in [-0.3, -0.25) is 4.98 Å². The van der Waals surface area contributed by atoms with Crippen molar-refractivity contribution in [1.82, 2.24) is 19.6 Å². The summed E-state index contributed by atoms with van der Waals surface area (Å²) in [6.45, 7) is 4.78. The van der Waals surface area contributed by atoms with E-state index in [2.05, 4.69) is 39.4 Å².